The molecule has 0 aromatic heterocycles. The molecule has 0 aliphatic carbocycles. The zero-order valence-electron chi connectivity index (χ0n) is 17.2. The van der Waals surface area contributed by atoms with E-state index in [1.165, 1.54) is 0 Å². The summed E-state index contributed by atoms with van der Waals surface area (Å²) in [5.41, 5.74) is 1.71. The van der Waals surface area contributed by atoms with E-state index in [-0.39, 0.29) is 16.9 Å². The maximum Gasteiger partial charge on any atom is 0.257 e. The third-order valence-corrected chi connectivity index (χ3v) is 5.02. The quantitative estimate of drug-likeness (QED) is 0.716. The van der Waals surface area contributed by atoms with Crippen LogP contribution in [-0.4, -0.2) is 66.6 Å². The minimum absolute atomic E-state index is 0.00362. The topological polar surface area (TPSA) is 73.9 Å². The zero-order chi connectivity index (χ0) is 21.5. The van der Waals surface area contributed by atoms with Crippen LogP contribution < -0.4 is 15.4 Å². The summed E-state index contributed by atoms with van der Waals surface area (Å²) in [6.07, 6.45) is 0. The predicted octanol–water partition coefficient (Wildman–Crippen LogP) is 2.60. The van der Waals surface area contributed by atoms with Crippen molar-refractivity contribution < 1.29 is 14.3 Å². The summed E-state index contributed by atoms with van der Waals surface area (Å²) < 4.78 is 5.38. The third kappa shape index (κ3) is 5.77. The lowest BCUT2D eigenvalue weighted by molar-refractivity contribution is 0.0664. The van der Waals surface area contributed by atoms with Crippen molar-refractivity contribution in [3.05, 3.63) is 59.7 Å². The van der Waals surface area contributed by atoms with Gasteiger partial charge in [0.25, 0.3) is 11.8 Å². The molecule has 1 fully saturated rings. The molecule has 0 radical (unpaired) electrons. The van der Waals surface area contributed by atoms with Crippen molar-refractivity contribution in [2.45, 2.75) is 6.92 Å². The average molecular weight is 427 g/mol. The van der Waals surface area contributed by atoms with Crippen molar-refractivity contribution in [2.75, 3.05) is 45.2 Å². The Morgan fingerprint density at radius 3 is 2.40 bits per heavy atom. The number of nitrogens with one attached hydrogen (secondary N) is 2. The Hall–Kier alpha value is -2.97. The van der Waals surface area contributed by atoms with Gasteiger partial charge in [0.1, 0.15) is 5.75 Å². The summed E-state index contributed by atoms with van der Waals surface area (Å²) in [4.78, 5) is 29.2. The maximum atomic E-state index is 12.7. The molecule has 2 aromatic rings. The number of nitrogens with zero attached hydrogens (tertiary/aromatic N) is 2. The number of amides is 2. The van der Waals surface area contributed by atoms with E-state index in [9.17, 15) is 9.59 Å². The number of benzene rings is 2. The van der Waals surface area contributed by atoms with Crippen LogP contribution in [0.25, 0.3) is 0 Å². The highest BCUT2D eigenvalue weighted by Crippen LogP contribution is 2.15. The minimum atomic E-state index is -0.319. The Bertz CT molecular complexity index is 909. The lowest BCUT2D eigenvalue weighted by atomic mass is 10.1. The van der Waals surface area contributed by atoms with Crippen LogP contribution in [0.1, 0.15) is 27.6 Å². The number of anilines is 1. The summed E-state index contributed by atoms with van der Waals surface area (Å²) >= 11 is 5.26. The second kappa shape index (κ2) is 10.2. The van der Waals surface area contributed by atoms with E-state index < -0.39 is 0 Å². The van der Waals surface area contributed by atoms with Gasteiger partial charge in [-0.05, 0) is 68.7 Å². The molecule has 0 atom stereocenters. The second-order valence-corrected chi connectivity index (χ2v) is 7.45. The SMILES string of the molecule is CCOc1ccc(C(=O)NC(=S)Nc2cccc(C(=O)N3CCN(C)CC3)c2)cc1. The molecule has 2 aromatic carbocycles. The molecule has 30 heavy (non-hydrogen) atoms. The molecule has 1 aliphatic heterocycles. The van der Waals surface area contributed by atoms with Crippen molar-refractivity contribution >= 4 is 34.8 Å². The van der Waals surface area contributed by atoms with Gasteiger partial charge in [0, 0.05) is 43.0 Å². The van der Waals surface area contributed by atoms with Crippen molar-refractivity contribution in [3.63, 3.8) is 0 Å². The van der Waals surface area contributed by atoms with E-state index in [1.807, 2.05) is 11.8 Å². The summed E-state index contributed by atoms with van der Waals surface area (Å²) in [7, 11) is 2.05. The number of rotatable bonds is 5. The Balaban J connectivity index is 1.58. The first-order valence-electron chi connectivity index (χ1n) is 9.89. The fourth-order valence-corrected chi connectivity index (χ4v) is 3.34. The molecule has 8 heteroatoms. The van der Waals surface area contributed by atoms with Gasteiger partial charge >= 0.3 is 0 Å². The second-order valence-electron chi connectivity index (χ2n) is 7.04. The molecular weight excluding hydrogens is 400 g/mol. The van der Waals surface area contributed by atoms with Crippen molar-refractivity contribution in [1.82, 2.24) is 15.1 Å². The summed E-state index contributed by atoms with van der Waals surface area (Å²) in [6.45, 7) is 5.62. The largest absolute Gasteiger partial charge is 0.494 e. The first-order chi connectivity index (χ1) is 14.5. The van der Waals surface area contributed by atoms with Gasteiger partial charge < -0.3 is 19.9 Å². The number of carbonyl (C=O) groups is 2. The molecular formula is C22H26N4O3S. The Labute approximate surface area is 182 Å². The van der Waals surface area contributed by atoms with Gasteiger partial charge in [-0.1, -0.05) is 6.07 Å². The fourth-order valence-electron chi connectivity index (χ4n) is 3.13. The average Bonchev–Trinajstić information content (AvgIpc) is 2.74. The first-order valence-corrected chi connectivity index (χ1v) is 10.3. The van der Waals surface area contributed by atoms with E-state index in [0.717, 1.165) is 13.1 Å². The van der Waals surface area contributed by atoms with Gasteiger partial charge in [0.05, 0.1) is 6.61 Å². The molecule has 3 rings (SSSR count). The van der Waals surface area contributed by atoms with Gasteiger partial charge in [-0.3, -0.25) is 14.9 Å². The molecule has 7 nitrogen and oxygen atoms in total. The van der Waals surface area contributed by atoms with Crippen LogP contribution in [0.4, 0.5) is 5.69 Å². The normalized spacial score (nSPS) is 14.1. The standard InChI is InChI=1S/C22H26N4O3S/c1-3-29-19-9-7-16(8-10-19)20(27)24-22(30)23-18-6-4-5-17(15-18)21(28)26-13-11-25(2)12-14-26/h4-10,15H,3,11-14H2,1-2H3,(H2,23,24,27,30). The van der Waals surface area contributed by atoms with Crippen LogP contribution >= 0.6 is 12.2 Å². The smallest absolute Gasteiger partial charge is 0.257 e. The lowest BCUT2D eigenvalue weighted by Crippen LogP contribution is -2.47. The molecule has 2 N–H and O–H groups in total. The van der Waals surface area contributed by atoms with Crippen LogP contribution in [0.15, 0.2) is 48.5 Å². The van der Waals surface area contributed by atoms with Crippen molar-refractivity contribution in [2.24, 2.45) is 0 Å². The molecule has 158 valence electrons. The van der Waals surface area contributed by atoms with Gasteiger partial charge in [0.15, 0.2) is 5.11 Å². The number of ether oxygens (including phenoxy) is 1. The van der Waals surface area contributed by atoms with Gasteiger partial charge in [-0.25, -0.2) is 0 Å². The minimum Gasteiger partial charge on any atom is -0.494 e. The van der Waals surface area contributed by atoms with Crippen LogP contribution in [0.5, 0.6) is 5.75 Å². The van der Waals surface area contributed by atoms with Gasteiger partial charge in [0.2, 0.25) is 0 Å². The molecule has 0 saturated carbocycles. The number of hydrogen-bond donors (Lipinski definition) is 2. The van der Waals surface area contributed by atoms with E-state index in [1.54, 1.807) is 48.5 Å². The van der Waals surface area contributed by atoms with Crippen LogP contribution in [0.2, 0.25) is 0 Å². The molecule has 0 spiro atoms. The maximum absolute atomic E-state index is 12.7. The number of likely N-dealkylation sites (N-methyl/N-ethyl adjacent to an activating group) is 1. The van der Waals surface area contributed by atoms with E-state index in [4.69, 9.17) is 17.0 Å². The Kier molecular flexibility index (Phi) is 7.37. The van der Waals surface area contributed by atoms with E-state index in [2.05, 4.69) is 22.6 Å². The monoisotopic (exact) mass is 426 g/mol. The third-order valence-electron chi connectivity index (χ3n) is 4.81. The summed E-state index contributed by atoms with van der Waals surface area (Å²) in [6, 6.07) is 14.0. The van der Waals surface area contributed by atoms with Crippen LogP contribution in [-0.2, 0) is 0 Å². The van der Waals surface area contributed by atoms with Crippen molar-refractivity contribution in [1.29, 1.82) is 0 Å². The lowest BCUT2D eigenvalue weighted by Gasteiger charge is -2.32. The molecule has 0 unspecified atom stereocenters. The van der Waals surface area contributed by atoms with E-state index in [0.29, 0.717) is 42.3 Å². The summed E-state index contributed by atoms with van der Waals surface area (Å²) in [5.74, 6) is 0.382. The number of thiocarbonyl (C=S) groups is 1. The molecule has 1 saturated heterocycles. The highest BCUT2D eigenvalue weighted by molar-refractivity contribution is 7.80. The Morgan fingerprint density at radius 1 is 1.03 bits per heavy atom. The molecule has 0 bridgehead atoms. The van der Waals surface area contributed by atoms with E-state index >= 15 is 0 Å². The molecule has 2 amide bonds. The molecule has 1 heterocycles. The molecule has 1 aliphatic rings. The fraction of sp³-hybridized carbons (Fsp3) is 0.318. The summed E-state index contributed by atoms with van der Waals surface area (Å²) in [5, 5.41) is 5.79. The predicted molar refractivity (Wildman–Crippen MR) is 121 cm³/mol. The van der Waals surface area contributed by atoms with Crippen LogP contribution in [0, 0.1) is 0 Å². The number of piperazine rings is 1. The number of hydrogen-bond acceptors (Lipinski definition) is 5. The first kappa shape index (κ1) is 21.7. The zero-order valence-corrected chi connectivity index (χ0v) is 18.0. The van der Waals surface area contributed by atoms with Crippen LogP contribution in [0.3, 0.4) is 0 Å². The highest BCUT2D eigenvalue weighted by Gasteiger charge is 2.20. The highest BCUT2D eigenvalue weighted by atomic mass is 32.1. The number of carbonyl (C=O) groups excluding carboxylic acids is 2. The van der Waals surface area contributed by atoms with Gasteiger partial charge in [-0.2, -0.15) is 0 Å². The Morgan fingerprint density at radius 2 is 1.73 bits per heavy atom. The van der Waals surface area contributed by atoms with Crippen molar-refractivity contribution in [3.8, 4) is 5.75 Å². The van der Waals surface area contributed by atoms with Gasteiger partial charge in [-0.15, -0.1) is 0 Å².